The molecule has 4 heteroatoms. The first-order valence-electron chi connectivity index (χ1n) is 6.17. The van der Waals surface area contributed by atoms with E-state index >= 15 is 0 Å². The Morgan fingerprint density at radius 2 is 2.22 bits per heavy atom. The minimum absolute atomic E-state index is 0.0951. The number of nitrogens with two attached hydrogens (primary N) is 1. The first-order valence-corrected chi connectivity index (χ1v) is 6.17. The van der Waals surface area contributed by atoms with Gasteiger partial charge in [-0.3, -0.25) is 4.79 Å². The van der Waals surface area contributed by atoms with Crippen LogP contribution in [0.15, 0.2) is 30.3 Å². The standard InChI is InChI=1S/C14H18N2O2/c15-12-6-3-11(4-7-12)5-8-14(17)16-10-13-2-1-9-18-13/h3-8,13H,1-2,9-10,15H2,(H,16,17)/b8-5+. The summed E-state index contributed by atoms with van der Waals surface area (Å²) in [6.07, 6.45) is 5.59. The third kappa shape index (κ3) is 3.89. The van der Waals surface area contributed by atoms with Crippen LogP contribution in [0, 0.1) is 0 Å². The molecule has 1 unspecified atom stereocenters. The zero-order valence-corrected chi connectivity index (χ0v) is 10.3. The second kappa shape index (κ2) is 6.21. The number of nitrogens with one attached hydrogen (secondary N) is 1. The molecule has 1 fully saturated rings. The molecule has 0 aliphatic carbocycles. The number of anilines is 1. The molecule has 0 spiro atoms. The van der Waals surface area contributed by atoms with E-state index in [2.05, 4.69) is 5.32 Å². The fourth-order valence-electron chi connectivity index (χ4n) is 1.86. The molecule has 4 nitrogen and oxygen atoms in total. The van der Waals surface area contributed by atoms with Crippen molar-refractivity contribution in [1.82, 2.24) is 5.32 Å². The fraction of sp³-hybridized carbons (Fsp3) is 0.357. The lowest BCUT2D eigenvalue weighted by Gasteiger charge is -2.08. The van der Waals surface area contributed by atoms with Gasteiger partial charge in [0.15, 0.2) is 0 Å². The van der Waals surface area contributed by atoms with Crippen LogP contribution in [0.5, 0.6) is 0 Å². The second-order valence-electron chi connectivity index (χ2n) is 4.38. The molecule has 1 aromatic carbocycles. The van der Waals surface area contributed by atoms with Crippen LogP contribution in [-0.4, -0.2) is 25.2 Å². The van der Waals surface area contributed by atoms with E-state index in [0.717, 1.165) is 30.7 Å². The normalized spacial score (nSPS) is 19.2. The smallest absolute Gasteiger partial charge is 0.244 e. The Bertz CT molecular complexity index is 420. The zero-order chi connectivity index (χ0) is 12.8. The molecule has 1 saturated heterocycles. The van der Waals surface area contributed by atoms with Crippen LogP contribution in [-0.2, 0) is 9.53 Å². The molecular formula is C14H18N2O2. The highest BCUT2D eigenvalue weighted by atomic mass is 16.5. The number of ether oxygens (including phenoxy) is 1. The van der Waals surface area contributed by atoms with E-state index < -0.39 is 0 Å². The molecule has 1 aromatic rings. The van der Waals surface area contributed by atoms with Crippen LogP contribution in [0.3, 0.4) is 0 Å². The van der Waals surface area contributed by atoms with Gasteiger partial charge >= 0.3 is 0 Å². The van der Waals surface area contributed by atoms with Crippen LogP contribution in [0.1, 0.15) is 18.4 Å². The van der Waals surface area contributed by atoms with Gasteiger partial charge in [-0.25, -0.2) is 0 Å². The lowest BCUT2D eigenvalue weighted by molar-refractivity contribution is -0.116. The van der Waals surface area contributed by atoms with Gasteiger partial charge in [0.25, 0.3) is 0 Å². The molecule has 1 aliphatic heterocycles. The molecule has 96 valence electrons. The predicted octanol–water partition coefficient (Wildman–Crippen LogP) is 1.58. The topological polar surface area (TPSA) is 64.4 Å². The maximum absolute atomic E-state index is 11.6. The molecular weight excluding hydrogens is 228 g/mol. The van der Waals surface area contributed by atoms with Crippen molar-refractivity contribution in [3.8, 4) is 0 Å². The van der Waals surface area contributed by atoms with Gasteiger partial charge in [-0.2, -0.15) is 0 Å². The number of carbonyl (C=O) groups is 1. The summed E-state index contributed by atoms with van der Waals surface area (Å²) < 4.78 is 5.43. The highest BCUT2D eigenvalue weighted by Gasteiger charge is 2.15. The van der Waals surface area contributed by atoms with Crippen molar-refractivity contribution in [1.29, 1.82) is 0 Å². The van der Waals surface area contributed by atoms with Crippen LogP contribution in [0.2, 0.25) is 0 Å². The molecule has 0 bridgehead atoms. The van der Waals surface area contributed by atoms with Gasteiger partial charge in [-0.05, 0) is 36.6 Å². The van der Waals surface area contributed by atoms with Crippen molar-refractivity contribution in [3.63, 3.8) is 0 Å². The summed E-state index contributed by atoms with van der Waals surface area (Å²) in [6.45, 7) is 1.40. The summed E-state index contributed by atoms with van der Waals surface area (Å²) in [4.78, 5) is 11.6. The van der Waals surface area contributed by atoms with Crippen molar-refractivity contribution in [2.75, 3.05) is 18.9 Å². The molecule has 18 heavy (non-hydrogen) atoms. The third-order valence-electron chi connectivity index (χ3n) is 2.89. The summed E-state index contributed by atoms with van der Waals surface area (Å²) in [5, 5.41) is 2.83. The number of benzene rings is 1. The average Bonchev–Trinajstić information content (AvgIpc) is 2.89. The predicted molar refractivity (Wildman–Crippen MR) is 71.9 cm³/mol. The summed E-state index contributed by atoms with van der Waals surface area (Å²) >= 11 is 0. The van der Waals surface area contributed by atoms with E-state index in [-0.39, 0.29) is 12.0 Å². The zero-order valence-electron chi connectivity index (χ0n) is 10.3. The van der Waals surface area contributed by atoms with Crippen LogP contribution < -0.4 is 11.1 Å². The van der Waals surface area contributed by atoms with Crippen molar-refractivity contribution in [2.45, 2.75) is 18.9 Å². The molecule has 0 aromatic heterocycles. The minimum atomic E-state index is -0.0951. The average molecular weight is 246 g/mol. The van der Waals surface area contributed by atoms with E-state index in [1.165, 1.54) is 6.08 Å². The Kier molecular flexibility index (Phi) is 4.36. The number of hydrogen-bond acceptors (Lipinski definition) is 3. The first kappa shape index (κ1) is 12.6. The SMILES string of the molecule is Nc1ccc(/C=C/C(=O)NCC2CCCO2)cc1. The van der Waals surface area contributed by atoms with Gasteiger partial charge in [-0.15, -0.1) is 0 Å². The van der Waals surface area contributed by atoms with Crippen LogP contribution in [0.25, 0.3) is 6.08 Å². The van der Waals surface area contributed by atoms with E-state index in [0.29, 0.717) is 6.54 Å². The van der Waals surface area contributed by atoms with Gasteiger partial charge in [0, 0.05) is 24.9 Å². The van der Waals surface area contributed by atoms with Crippen molar-refractivity contribution >= 4 is 17.7 Å². The van der Waals surface area contributed by atoms with Crippen molar-refractivity contribution in [2.24, 2.45) is 0 Å². The third-order valence-corrected chi connectivity index (χ3v) is 2.89. The lowest BCUT2D eigenvalue weighted by atomic mass is 10.2. The Morgan fingerprint density at radius 3 is 2.89 bits per heavy atom. The fourth-order valence-corrected chi connectivity index (χ4v) is 1.86. The van der Waals surface area contributed by atoms with E-state index in [1.807, 2.05) is 24.3 Å². The number of hydrogen-bond donors (Lipinski definition) is 2. The van der Waals surface area contributed by atoms with Gasteiger partial charge in [0.05, 0.1) is 6.10 Å². The molecule has 1 amide bonds. The molecule has 0 saturated carbocycles. The Balaban J connectivity index is 1.77. The summed E-state index contributed by atoms with van der Waals surface area (Å²) in [7, 11) is 0. The molecule has 1 aliphatic rings. The van der Waals surface area contributed by atoms with Crippen LogP contribution >= 0.6 is 0 Å². The Morgan fingerprint density at radius 1 is 1.44 bits per heavy atom. The number of amides is 1. The quantitative estimate of drug-likeness (QED) is 0.626. The maximum atomic E-state index is 11.6. The monoisotopic (exact) mass is 246 g/mol. The molecule has 1 heterocycles. The number of carbonyl (C=O) groups excluding carboxylic acids is 1. The van der Waals surface area contributed by atoms with Crippen molar-refractivity contribution in [3.05, 3.63) is 35.9 Å². The Hall–Kier alpha value is -1.81. The lowest BCUT2D eigenvalue weighted by Crippen LogP contribution is -2.30. The molecule has 2 rings (SSSR count). The van der Waals surface area contributed by atoms with Crippen molar-refractivity contribution < 1.29 is 9.53 Å². The first-order chi connectivity index (χ1) is 8.74. The van der Waals surface area contributed by atoms with E-state index in [4.69, 9.17) is 10.5 Å². The highest BCUT2D eigenvalue weighted by Crippen LogP contribution is 2.10. The van der Waals surface area contributed by atoms with Gasteiger partial charge in [0.1, 0.15) is 0 Å². The van der Waals surface area contributed by atoms with Gasteiger partial charge < -0.3 is 15.8 Å². The molecule has 1 atom stereocenters. The molecule has 3 N–H and O–H groups in total. The maximum Gasteiger partial charge on any atom is 0.244 e. The van der Waals surface area contributed by atoms with Gasteiger partial charge in [-0.1, -0.05) is 12.1 Å². The van der Waals surface area contributed by atoms with E-state index in [1.54, 1.807) is 6.08 Å². The highest BCUT2D eigenvalue weighted by molar-refractivity contribution is 5.91. The van der Waals surface area contributed by atoms with E-state index in [9.17, 15) is 4.79 Å². The number of rotatable bonds is 4. The summed E-state index contributed by atoms with van der Waals surface area (Å²) in [5.74, 6) is -0.0951. The Labute approximate surface area is 107 Å². The molecule has 0 radical (unpaired) electrons. The number of nitrogen functional groups attached to an aromatic ring is 1. The van der Waals surface area contributed by atoms with Crippen LogP contribution in [0.4, 0.5) is 5.69 Å². The van der Waals surface area contributed by atoms with Gasteiger partial charge in [0.2, 0.25) is 5.91 Å². The minimum Gasteiger partial charge on any atom is -0.399 e. The largest absolute Gasteiger partial charge is 0.399 e. The second-order valence-corrected chi connectivity index (χ2v) is 4.38. The summed E-state index contributed by atoms with van der Waals surface area (Å²) in [6, 6.07) is 7.37. The summed E-state index contributed by atoms with van der Waals surface area (Å²) in [5.41, 5.74) is 7.26.